The molecule has 3 N–H and O–H groups in total. The lowest BCUT2D eigenvalue weighted by Crippen LogP contribution is -2.37. The van der Waals surface area contributed by atoms with Crippen molar-refractivity contribution in [2.24, 2.45) is 0 Å². The molecule has 3 aromatic rings. The fraction of sp³-hybridized carbons (Fsp3) is 0.321. The van der Waals surface area contributed by atoms with E-state index in [1.165, 1.54) is 33.5 Å². The molecule has 1 atom stereocenters. The highest BCUT2D eigenvalue weighted by atomic mass is 32.2. The smallest absolute Gasteiger partial charge is 0.232 e. The molecule has 38 heavy (non-hydrogen) atoms. The van der Waals surface area contributed by atoms with Crippen LogP contribution in [0.2, 0.25) is 0 Å². The third-order valence-corrected chi connectivity index (χ3v) is 7.83. The molecular formula is C28H31N3O6S. The normalized spacial score (nSPS) is 14.7. The third-order valence-electron chi connectivity index (χ3n) is 6.65. The monoisotopic (exact) mass is 537 g/mol. The minimum Gasteiger partial charge on any atom is -0.492 e. The van der Waals surface area contributed by atoms with Gasteiger partial charge in [-0.3, -0.25) is 9.10 Å². The maximum absolute atomic E-state index is 12.1. The van der Waals surface area contributed by atoms with Crippen LogP contribution < -0.4 is 24.4 Å². The predicted molar refractivity (Wildman–Crippen MR) is 146 cm³/mol. The summed E-state index contributed by atoms with van der Waals surface area (Å²) in [6, 6.07) is 17.1. The second-order valence-electron chi connectivity index (χ2n) is 9.53. The zero-order valence-corrected chi connectivity index (χ0v) is 22.2. The van der Waals surface area contributed by atoms with Crippen LogP contribution in [0, 0.1) is 0 Å². The summed E-state index contributed by atoms with van der Waals surface area (Å²) >= 11 is 0. The number of benzene rings is 3. The molecule has 5 rings (SSSR count). The zero-order valence-electron chi connectivity index (χ0n) is 21.4. The van der Waals surface area contributed by atoms with Gasteiger partial charge in [-0.15, -0.1) is 0 Å². The summed E-state index contributed by atoms with van der Waals surface area (Å²) in [5.41, 5.74) is 6.55. The second-order valence-corrected chi connectivity index (χ2v) is 11.4. The van der Waals surface area contributed by atoms with Gasteiger partial charge in [-0.1, -0.05) is 18.2 Å². The highest BCUT2D eigenvalue weighted by Crippen LogP contribution is 2.39. The van der Waals surface area contributed by atoms with Gasteiger partial charge in [-0.05, 0) is 70.6 Å². The van der Waals surface area contributed by atoms with Gasteiger partial charge >= 0.3 is 0 Å². The van der Waals surface area contributed by atoms with Crippen LogP contribution in [0.1, 0.15) is 29.7 Å². The second kappa shape index (κ2) is 10.6. The van der Waals surface area contributed by atoms with Crippen molar-refractivity contribution in [3.05, 3.63) is 71.3 Å². The number of ether oxygens (including phenoxy) is 2. The number of carbonyl (C=O) groups is 1. The SMILES string of the molecule is CC(=O)Nc1ccc2c(c1)Cc1cc(OCCNC[C@H](O)c3ccc4c(c3)N(S(C)(=O)=O)CCO4)ccc1-2. The summed E-state index contributed by atoms with van der Waals surface area (Å²) in [6.45, 7) is 3.27. The van der Waals surface area contributed by atoms with E-state index < -0.39 is 16.1 Å². The first-order valence-electron chi connectivity index (χ1n) is 12.5. The van der Waals surface area contributed by atoms with E-state index in [0.29, 0.717) is 36.8 Å². The van der Waals surface area contributed by atoms with Crippen LogP contribution in [-0.2, 0) is 21.2 Å². The first-order valence-corrected chi connectivity index (χ1v) is 14.3. The quantitative estimate of drug-likeness (QED) is 0.281. The molecule has 0 spiro atoms. The van der Waals surface area contributed by atoms with E-state index in [9.17, 15) is 18.3 Å². The van der Waals surface area contributed by atoms with Crippen molar-refractivity contribution in [2.45, 2.75) is 19.4 Å². The van der Waals surface area contributed by atoms with Gasteiger partial charge in [0.25, 0.3) is 0 Å². The molecule has 2 aliphatic rings. The minimum atomic E-state index is -3.43. The topological polar surface area (TPSA) is 117 Å². The summed E-state index contributed by atoms with van der Waals surface area (Å²) in [4.78, 5) is 11.4. The Balaban J connectivity index is 1.12. The van der Waals surface area contributed by atoms with E-state index in [2.05, 4.69) is 16.7 Å². The van der Waals surface area contributed by atoms with Crippen LogP contribution in [-0.4, -0.2) is 58.5 Å². The maximum Gasteiger partial charge on any atom is 0.232 e. The van der Waals surface area contributed by atoms with Gasteiger partial charge in [0, 0.05) is 25.7 Å². The number of rotatable bonds is 9. The Morgan fingerprint density at radius 1 is 1.11 bits per heavy atom. The standard InChI is InChI=1S/C28H31N3O6S/c1-18(32)30-22-4-6-24-20(14-22)13-21-15-23(5-7-25(21)24)36-11-9-29-17-27(33)19-3-8-28-26(16-19)31(10-12-37-28)38(2,34)35/h3-8,14-16,27,29,33H,9-13,17H2,1-2H3,(H,30,32)/t27-/m0/s1. The molecular weight excluding hydrogens is 506 g/mol. The van der Waals surface area contributed by atoms with Crippen molar-refractivity contribution >= 4 is 27.3 Å². The number of anilines is 2. The fourth-order valence-corrected chi connectivity index (χ4v) is 5.82. The Bertz CT molecular complexity index is 1470. The molecule has 10 heteroatoms. The van der Waals surface area contributed by atoms with E-state index in [1.807, 2.05) is 30.3 Å². The number of nitrogens with one attached hydrogen (secondary N) is 2. The van der Waals surface area contributed by atoms with Crippen molar-refractivity contribution in [1.82, 2.24) is 5.32 Å². The van der Waals surface area contributed by atoms with Gasteiger partial charge in [-0.25, -0.2) is 8.42 Å². The van der Waals surface area contributed by atoms with Crippen LogP contribution in [0.3, 0.4) is 0 Å². The molecule has 0 bridgehead atoms. The van der Waals surface area contributed by atoms with Gasteiger partial charge < -0.3 is 25.2 Å². The number of nitrogens with zero attached hydrogens (tertiary/aromatic N) is 1. The van der Waals surface area contributed by atoms with E-state index in [-0.39, 0.29) is 19.0 Å². The van der Waals surface area contributed by atoms with Crippen LogP contribution in [0.4, 0.5) is 11.4 Å². The van der Waals surface area contributed by atoms with Crippen molar-refractivity contribution in [1.29, 1.82) is 0 Å². The summed E-state index contributed by atoms with van der Waals surface area (Å²) < 4.78 is 37.1. The van der Waals surface area contributed by atoms with E-state index in [1.54, 1.807) is 18.2 Å². The minimum absolute atomic E-state index is 0.0897. The molecule has 0 aromatic heterocycles. The number of hydrogen-bond donors (Lipinski definition) is 3. The van der Waals surface area contributed by atoms with Crippen molar-refractivity contribution in [3.8, 4) is 22.6 Å². The number of carbonyl (C=O) groups excluding carboxylic acids is 1. The molecule has 0 fully saturated rings. The number of amides is 1. The Morgan fingerprint density at radius 3 is 2.63 bits per heavy atom. The van der Waals surface area contributed by atoms with E-state index in [0.717, 1.165) is 24.1 Å². The van der Waals surface area contributed by atoms with Gasteiger partial charge in [0.1, 0.15) is 24.7 Å². The average Bonchev–Trinajstić information content (AvgIpc) is 3.23. The van der Waals surface area contributed by atoms with E-state index in [4.69, 9.17) is 9.47 Å². The molecule has 3 aromatic carbocycles. The predicted octanol–water partition coefficient (Wildman–Crippen LogP) is 3.08. The van der Waals surface area contributed by atoms with Crippen molar-refractivity contribution in [2.75, 3.05) is 48.7 Å². The summed E-state index contributed by atoms with van der Waals surface area (Å²) in [5.74, 6) is 1.18. The lowest BCUT2D eigenvalue weighted by atomic mass is 10.1. The van der Waals surface area contributed by atoms with Gasteiger partial charge in [0.05, 0.1) is 24.6 Å². The Morgan fingerprint density at radius 2 is 1.87 bits per heavy atom. The summed E-state index contributed by atoms with van der Waals surface area (Å²) in [7, 11) is -3.43. The number of sulfonamides is 1. The van der Waals surface area contributed by atoms with Crippen LogP contribution in [0.25, 0.3) is 11.1 Å². The first kappa shape index (κ1) is 26.0. The highest BCUT2D eigenvalue weighted by molar-refractivity contribution is 7.92. The zero-order chi connectivity index (χ0) is 26.9. The van der Waals surface area contributed by atoms with Crippen molar-refractivity contribution < 1.29 is 27.8 Å². The number of fused-ring (bicyclic) bond motifs is 4. The third kappa shape index (κ3) is 5.62. The summed E-state index contributed by atoms with van der Waals surface area (Å²) in [5, 5.41) is 16.7. The number of aliphatic hydroxyl groups is 1. The molecule has 200 valence electrons. The van der Waals surface area contributed by atoms with Crippen LogP contribution in [0.15, 0.2) is 54.6 Å². The first-order chi connectivity index (χ1) is 18.2. The molecule has 0 saturated carbocycles. The lowest BCUT2D eigenvalue weighted by Gasteiger charge is -2.30. The van der Waals surface area contributed by atoms with Gasteiger partial charge in [0.2, 0.25) is 15.9 Å². The Hall–Kier alpha value is -3.60. The number of hydrogen-bond acceptors (Lipinski definition) is 7. The molecule has 1 aliphatic heterocycles. The summed E-state index contributed by atoms with van der Waals surface area (Å²) in [6.07, 6.45) is 1.13. The average molecular weight is 538 g/mol. The fourth-order valence-electron chi connectivity index (χ4n) is 4.92. The Labute approximate surface area is 222 Å². The van der Waals surface area contributed by atoms with Crippen LogP contribution >= 0.6 is 0 Å². The van der Waals surface area contributed by atoms with Crippen LogP contribution in [0.5, 0.6) is 11.5 Å². The molecule has 0 radical (unpaired) electrons. The number of aliphatic hydroxyl groups excluding tert-OH is 1. The molecule has 0 unspecified atom stereocenters. The van der Waals surface area contributed by atoms with Gasteiger partial charge in [-0.2, -0.15) is 0 Å². The maximum atomic E-state index is 12.1. The molecule has 0 saturated heterocycles. The largest absolute Gasteiger partial charge is 0.492 e. The van der Waals surface area contributed by atoms with E-state index >= 15 is 0 Å². The highest BCUT2D eigenvalue weighted by Gasteiger charge is 2.26. The molecule has 1 amide bonds. The lowest BCUT2D eigenvalue weighted by molar-refractivity contribution is -0.114. The van der Waals surface area contributed by atoms with Gasteiger partial charge in [0.15, 0.2) is 0 Å². The van der Waals surface area contributed by atoms with Crippen molar-refractivity contribution in [3.63, 3.8) is 0 Å². The molecule has 9 nitrogen and oxygen atoms in total. The molecule has 1 aliphatic carbocycles. The Kier molecular flexibility index (Phi) is 7.29. The molecule has 1 heterocycles.